The first-order valence-electron chi connectivity index (χ1n) is 5.76. The first-order valence-corrected chi connectivity index (χ1v) is 6.64. The third-order valence-corrected chi connectivity index (χ3v) is 3.55. The fraction of sp³-hybridized carbons (Fsp3) is 0.385. The summed E-state index contributed by atoms with van der Waals surface area (Å²) >= 11 is 1.76. The molecule has 0 aliphatic heterocycles. The summed E-state index contributed by atoms with van der Waals surface area (Å²) in [6, 6.07) is 6.41. The zero-order valence-electron chi connectivity index (χ0n) is 10.3. The number of rotatable bonds is 4. The first kappa shape index (κ1) is 12.0. The number of hydrogen-bond acceptors (Lipinski definition) is 4. The highest BCUT2D eigenvalue weighted by Crippen LogP contribution is 2.28. The largest absolute Gasteiger partial charge is 0.346 e. The van der Waals surface area contributed by atoms with Crippen LogP contribution in [0.15, 0.2) is 29.8 Å². The van der Waals surface area contributed by atoms with E-state index < -0.39 is 0 Å². The first-order chi connectivity index (χ1) is 8.16. The Morgan fingerprint density at radius 3 is 2.71 bits per heavy atom. The molecule has 1 atom stereocenters. The van der Waals surface area contributed by atoms with Crippen molar-refractivity contribution in [3.8, 4) is 0 Å². The van der Waals surface area contributed by atoms with E-state index in [2.05, 4.69) is 46.6 Å². The van der Waals surface area contributed by atoms with Gasteiger partial charge in [0.2, 0.25) is 5.95 Å². The van der Waals surface area contributed by atoms with Crippen molar-refractivity contribution in [2.75, 3.05) is 5.32 Å². The van der Waals surface area contributed by atoms with E-state index in [4.69, 9.17) is 0 Å². The average Bonchev–Trinajstić information content (AvgIpc) is 2.78. The Kier molecular flexibility index (Phi) is 3.74. The summed E-state index contributed by atoms with van der Waals surface area (Å²) in [6.45, 7) is 6.38. The molecule has 0 saturated heterocycles. The summed E-state index contributed by atoms with van der Waals surface area (Å²) in [5.41, 5.74) is 0.983. The Morgan fingerprint density at radius 2 is 2.12 bits per heavy atom. The summed E-state index contributed by atoms with van der Waals surface area (Å²) < 4.78 is 0. The fourth-order valence-electron chi connectivity index (χ4n) is 1.69. The quantitative estimate of drug-likeness (QED) is 0.896. The van der Waals surface area contributed by atoms with E-state index in [0.29, 0.717) is 11.9 Å². The van der Waals surface area contributed by atoms with Crippen molar-refractivity contribution < 1.29 is 0 Å². The van der Waals surface area contributed by atoms with E-state index in [1.807, 2.05) is 13.0 Å². The highest BCUT2D eigenvalue weighted by Gasteiger charge is 2.17. The lowest BCUT2D eigenvalue weighted by Gasteiger charge is -2.21. The average molecular weight is 247 g/mol. The van der Waals surface area contributed by atoms with E-state index in [-0.39, 0.29) is 6.04 Å². The van der Waals surface area contributed by atoms with Gasteiger partial charge in [-0.2, -0.15) is 0 Å². The van der Waals surface area contributed by atoms with Crippen molar-refractivity contribution in [1.29, 1.82) is 0 Å². The lowest BCUT2D eigenvalue weighted by atomic mass is 10.0. The molecule has 2 aromatic rings. The second-order valence-corrected chi connectivity index (χ2v) is 5.38. The molecule has 4 heteroatoms. The van der Waals surface area contributed by atoms with Gasteiger partial charge in [-0.15, -0.1) is 11.3 Å². The SMILES string of the molecule is Cc1ccnc(NC(c2cccs2)C(C)C)n1. The topological polar surface area (TPSA) is 37.8 Å². The molecule has 0 fully saturated rings. The second kappa shape index (κ2) is 5.27. The third-order valence-electron chi connectivity index (χ3n) is 2.60. The minimum atomic E-state index is 0.275. The molecule has 0 aliphatic carbocycles. The van der Waals surface area contributed by atoms with E-state index in [1.165, 1.54) is 4.88 Å². The van der Waals surface area contributed by atoms with Gasteiger partial charge in [-0.1, -0.05) is 19.9 Å². The van der Waals surface area contributed by atoms with E-state index in [0.717, 1.165) is 5.69 Å². The highest BCUT2D eigenvalue weighted by molar-refractivity contribution is 7.10. The van der Waals surface area contributed by atoms with Crippen molar-refractivity contribution in [1.82, 2.24) is 9.97 Å². The van der Waals surface area contributed by atoms with E-state index in [9.17, 15) is 0 Å². The molecule has 1 unspecified atom stereocenters. The van der Waals surface area contributed by atoms with Gasteiger partial charge >= 0.3 is 0 Å². The van der Waals surface area contributed by atoms with E-state index in [1.54, 1.807) is 17.5 Å². The van der Waals surface area contributed by atoms with Crippen molar-refractivity contribution in [3.05, 3.63) is 40.3 Å². The molecule has 0 spiro atoms. The van der Waals surface area contributed by atoms with Gasteiger partial charge in [0.1, 0.15) is 0 Å². The van der Waals surface area contributed by atoms with Gasteiger partial charge in [0.05, 0.1) is 6.04 Å². The predicted octanol–water partition coefficient (Wildman–Crippen LogP) is 3.66. The Morgan fingerprint density at radius 1 is 1.29 bits per heavy atom. The lowest BCUT2D eigenvalue weighted by Crippen LogP contribution is -2.17. The molecule has 0 saturated carbocycles. The van der Waals surface area contributed by atoms with Crippen molar-refractivity contribution in [2.45, 2.75) is 26.8 Å². The van der Waals surface area contributed by atoms with Crippen LogP contribution in [-0.4, -0.2) is 9.97 Å². The maximum atomic E-state index is 4.39. The van der Waals surface area contributed by atoms with Crippen LogP contribution in [0.3, 0.4) is 0 Å². The van der Waals surface area contributed by atoms with Crippen molar-refractivity contribution in [3.63, 3.8) is 0 Å². The number of aromatic nitrogens is 2. The third kappa shape index (κ3) is 3.03. The molecule has 2 aromatic heterocycles. The van der Waals surface area contributed by atoms with Crippen LogP contribution in [0.4, 0.5) is 5.95 Å². The number of nitrogens with one attached hydrogen (secondary N) is 1. The Hall–Kier alpha value is -1.42. The van der Waals surface area contributed by atoms with Gasteiger partial charge in [-0.25, -0.2) is 9.97 Å². The number of aryl methyl sites for hydroxylation is 1. The number of hydrogen-bond donors (Lipinski definition) is 1. The van der Waals surface area contributed by atoms with Crippen LogP contribution in [0.2, 0.25) is 0 Å². The van der Waals surface area contributed by atoms with Gasteiger partial charge < -0.3 is 5.32 Å². The molecule has 0 aromatic carbocycles. The van der Waals surface area contributed by atoms with Gasteiger partial charge in [0.25, 0.3) is 0 Å². The maximum absolute atomic E-state index is 4.39. The van der Waals surface area contributed by atoms with Crippen LogP contribution < -0.4 is 5.32 Å². The summed E-state index contributed by atoms with van der Waals surface area (Å²) in [5.74, 6) is 1.20. The molecule has 2 heterocycles. The molecular weight excluding hydrogens is 230 g/mol. The van der Waals surface area contributed by atoms with Gasteiger partial charge in [-0.3, -0.25) is 0 Å². The summed E-state index contributed by atoms with van der Waals surface area (Å²) in [5, 5.41) is 5.51. The molecule has 1 N–H and O–H groups in total. The van der Waals surface area contributed by atoms with E-state index >= 15 is 0 Å². The van der Waals surface area contributed by atoms with Crippen LogP contribution in [0.1, 0.15) is 30.5 Å². The minimum absolute atomic E-state index is 0.275. The molecule has 17 heavy (non-hydrogen) atoms. The molecule has 0 bridgehead atoms. The standard InChI is InChI=1S/C13H17N3S/c1-9(2)12(11-5-4-8-17-11)16-13-14-7-6-10(3)15-13/h4-9,12H,1-3H3,(H,14,15,16). The lowest BCUT2D eigenvalue weighted by molar-refractivity contribution is 0.550. The van der Waals surface area contributed by atoms with Crippen LogP contribution in [0.25, 0.3) is 0 Å². The van der Waals surface area contributed by atoms with Crippen molar-refractivity contribution >= 4 is 17.3 Å². The van der Waals surface area contributed by atoms with Gasteiger partial charge in [-0.05, 0) is 30.4 Å². The fourth-order valence-corrected chi connectivity index (χ4v) is 2.64. The Balaban J connectivity index is 2.19. The zero-order chi connectivity index (χ0) is 12.3. The molecule has 0 radical (unpaired) electrons. The zero-order valence-corrected chi connectivity index (χ0v) is 11.2. The molecule has 3 nitrogen and oxygen atoms in total. The van der Waals surface area contributed by atoms with Gasteiger partial charge in [0.15, 0.2) is 0 Å². The minimum Gasteiger partial charge on any atom is -0.346 e. The van der Waals surface area contributed by atoms with Crippen LogP contribution in [0, 0.1) is 12.8 Å². The summed E-state index contributed by atoms with van der Waals surface area (Å²) in [4.78, 5) is 9.97. The monoisotopic (exact) mass is 247 g/mol. The van der Waals surface area contributed by atoms with Crippen LogP contribution in [-0.2, 0) is 0 Å². The molecule has 0 aliphatic rings. The number of anilines is 1. The van der Waals surface area contributed by atoms with Crippen LogP contribution >= 0.6 is 11.3 Å². The highest BCUT2D eigenvalue weighted by atomic mass is 32.1. The maximum Gasteiger partial charge on any atom is 0.223 e. The summed E-state index contributed by atoms with van der Waals surface area (Å²) in [7, 11) is 0. The Labute approximate surface area is 106 Å². The second-order valence-electron chi connectivity index (χ2n) is 4.40. The van der Waals surface area contributed by atoms with Crippen molar-refractivity contribution in [2.24, 2.45) is 5.92 Å². The molecule has 2 rings (SSSR count). The van der Waals surface area contributed by atoms with Crippen LogP contribution in [0.5, 0.6) is 0 Å². The predicted molar refractivity (Wildman–Crippen MR) is 72.3 cm³/mol. The smallest absolute Gasteiger partial charge is 0.223 e. The normalized spacial score (nSPS) is 12.7. The number of nitrogens with zero attached hydrogens (tertiary/aromatic N) is 2. The summed E-state index contributed by atoms with van der Waals surface area (Å²) in [6.07, 6.45) is 1.79. The molecular formula is C13H17N3S. The van der Waals surface area contributed by atoms with Gasteiger partial charge in [0, 0.05) is 16.8 Å². The molecule has 0 amide bonds. The molecule has 90 valence electrons. The Bertz CT molecular complexity index is 465. The number of thiophene rings is 1.